The number of nitrogens with two attached hydrogens (primary N) is 1. The predicted molar refractivity (Wildman–Crippen MR) is 115 cm³/mol. The van der Waals surface area contributed by atoms with Gasteiger partial charge in [0, 0.05) is 5.69 Å². The number of hydrogen-bond acceptors (Lipinski definition) is 6. The molecule has 0 saturated heterocycles. The molecule has 1 heterocycles. The summed E-state index contributed by atoms with van der Waals surface area (Å²) in [5.74, 6) is 5.71. The second kappa shape index (κ2) is 10.1. The van der Waals surface area contributed by atoms with Crippen molar-refractivity contribution in [3.63, 3.8) is 0 Å². The van der Waals surface area contributed by atoms with Crippen LogP contribution in [0.1, 0.15) is 11.3 Å². The van der Waals surface area contributed by atoms with Crippen molar-refractivity contribution < 1.29 is 19.0 Å². The minimum absolute atomic E-state index is 0.0613. The summed E-state index contributed by atoms with van der Waals surface area (Å²) in [4.78, 5) is 18.5. The number of amides is 1. The van der Waals surface area contributed by atoms with Crippen LogP contribution in [0, 0.1) is 17.7 Å². The minimum Gasteiger partial charge on any atom is -0.487 e. The molecule has 3 aromatic rings. The molecule has 0 saturated carbocycles. The zero-order valence-corrected chi connectivity index (χ0v) is 16.8. The maximum atomic E-state index is 13.3. The summed E-state index contributed by atoms with van der Waals surface area (Å²) >= 11 is 6.29. The first kappa shape index (κ1) is 21.7. The fraction of sp³-hybridized carbons (Fsp3) is 0.0952. The van der Waals surface area contributed by atoms with E-state index in [-0.39, 0.29) is 30.4 Å². The fourth-order valence-electron chi connectivity index (χ4n) is 2.46. The van der Waals surface area contributed by atoms with Crippen LogP contribution in [0.15, 0.2) is 48.8 Å². The Bertz CT molecular complexity index is 1160. The summed E-state index contributed by atoms with van der Waals surface area (Å²) in [6.07, 6.45) is 0.110. The van der Waals surface area contributed by atoms with Gasteiger partial charge in [-0.15, -0.1) is 0 Å². The zero-order chi connectivity index (χ0) is 22.2. The van der Waals surface area contributed by atoms with Crippen LogP contribution < -0.4 is 21.1 Å². The second-order valence-corrected chi connectivity index (χ2v) is 6.54. The molecule has 0 radical (unpaired) electrons. The number of nitrogens with one attached hydrogen (secondary N) is 2. The summed E-state index contributed by atoms with van der Waals surface area (Å²) in [5, 5.41) is 14.0. The third-order valence-electron chi connectivity index (χ3n) is 3.90. The molecule has 1 aromatic heterocycles. The predicted octanol–water partition coefficient (Wildman–Crippen LogP) is 3.79. The molecule has 5 N–H and O–H groups in total. The number of benzene rings is 2. The molecule has 1 amide bonds. The van der Waals surface area contributed by atoms with Gasteiger partial charge in [0.1, 0.15) is 35.9 Å². The highest BCUT2D eigenvalue weighted by molar-refractivity contribution is 6.32. The lowest BCUT2D eigenvalue weighted by molar-refractivity contribution is 0.196. The summed E-state index contributed by atoms with van der Waals surface area (Å²) in [7, 11) is 0. The normalized spacial score (nSPS) is 10.0. The van der Waals surface area contributed by atoms with E-state index in [1.165, 1.54) is 18.5 Å². The minimum atomic E-state index is -1.17. The average molecular weight is 442 g/mol. The van der Waals surface area contributed by atoms with Crippen molar-refractivity contribution in [3.05, 3.63) is 70.9 Å². The van der Waals surface area contributed by atoms with Crippen molar-refractivity contribution in [2.75, 3.05) is 17.6 Å². The Balaban J connectivity index is 1.68. The number of carbonyl (C=O) groups is 1. The number of ether oxygens (including phenoxy) is 1. The van der Waals surface area contributed by atoms with Crippen molar-refractivity contribution in [1.29, 1.82) is 0 Å². The van der Waals surface area contributed by atoms with Crippen LogP contribution in [-0.2, 0) is 6.61 Å². The SMILES string of the molecule is Nc1c(C#CCNC(=O)O)ncnc1Nc1ccc(OCc2cccc(F)c2)c(Cl)c1. The van der Waals surface area contributed by atoms with Gasteiger partial charge in [-0.1, -0.05) is 29.7 Å². The summed E-state index contributed by atoms with van der Waals surface area (Å²) in [5.41, 5.74) is 7.78. The van der Waals surface area contributed by atoms with Gasteiger partial charge >= 0.3 is 6.09 Å². The number of aromatic nitrogens is 2. The van der Waals surface area contributed by atoms with E-state index in [1.54, 1.807) is 30.3 Å². The first-order valence-electron chi connectivity index (χ1n) is 8.92. The van der Waals surface area contributed by atoms with Gasteiger partial charge in [-0.2, -0.15) is 0 Å². The van der Waals surface area contributed by atoms with Gasteiger partial charge in [0.25, 0.3) is 0 Å². The average Bonchev–Trinajstić information content (AvgIpc) is 2.73. The number of nitrogen functional groups attached to an aromatic ring is 1. The maximum absolute atomic E-state index is 13.3. The highest BCUT2D eigenvalue weighted by Crippen LogP contribution is 2.30. The Kier molecular flexibility index (Phi) is 7.09. The van der Waals surface area contributed by atoms with Gasteiger partial charge < -0.3 is 26.2 Å². The number of anilines is 3. The van der Waals surface area contributed by atoms with E-state index in [0.717, 1.165) is 0 Å². The highest BCUT2D eigenvalue weighted by Gasteiger charge is 2.09. The van der Waals surface area contributed by atoms with Crippen molar-refractivity contribution in [3.8, 4) is 17.6 Å². The Hall–Kier alpha value is -4.03. The van der Waals surface area contributed by atoms with Crippen LogP contribution in [-0.4, -0.2) is 27.7 Å². The largest absolute Gasteiger partial charge is 0.487 e. The third kappa shape index (κ3) is 6.22. The Morgan fingerprint density at radius 3 is 2.84 bits per heavy atom. The number of halogens is 2. The van der Waals surface area contributed by atoms with Gasteiger partial charge in [-0.05, 0) is 41.8 Å². The van der Waals surface area contributed by atoms with Crippen LogP contribution in [0.3, 0.4) is 0 Å². The topological polar surface area (TPSA) is 122 Å². The van der Waals surface area contributed by atoms with E-state index in [0.29, 0.717) is 27.8 Å². The van der Waals surface area contributed by atoms with Crippen molar-refractivity contribution in [2.24, 2.45) is 0 Å². The Labute approximate surface area is 182 Å². The molecule has 0 atom stereocenters. The molecular formula is C21H17ClFN5O3. The number of rotatable bonds is 6. The maximum Gasteiger partial charge on any atom is 0.405 e. The quantitative estimate of drug-likeness (QED) is 0.429. The lowest BCUT2D eigenvalue weighted by Gasteiger charge is -2.12. The second-order valence-electron chi connectivity index (χ2n) is 6.13. The molecule has 10 heteroatoms. The smallest absolute Gasteiger partial charge is 0.405 e. The van der Waals surface area contributed by atoms with Gasteiger partial charge in [0.2, 0.25) is 0 Å². The van der Waals surface area contributed by atoms with E-state index in [4.69, 9.17) is 27.2 Å². The Morgan fingerprint density at radius 2 is 2.10 bits per heavy atom. The standard InChI is InChI=1S/C21H17ClFN5O3/c22-16-10-15(6-7-18(16)31-11-13-3-1-4-14(23)9-13)28-20-19(24)17(26-12-27-20)5-2-8-25-21(29)30/h1,3-4,6-7,9-10,12,25H,8,11,24H2,(H,29,30)(H,26,27,28). The van der Waals surface area contributed by atoms with E-state index in [9.17, 15) is 9.18 Å². The number of hydrogen-bond donors (Lipinski definition) is 4. The van der Waals surface area contributed by atoms with Crippen LogP contribution in [0.4, 0.5) is 26.4 Å². The fourth-order valence-corrected chi connectivity index (χ4v) is 2.70. The van der Waals surface area contributed by atoms with E-state index < -0.39 is 6.09 Å². The van der Waals surface area contributed by atoms with Crippen LogP contribution in [0.2, 0.25) is 5.02 Å². The number of nitrogens with zero attached hydrogens (tertiary/aromatic N) is 2. The Morgan fingerprint density at radius 1 is 1.26 bits per heavy atom. The molecule has 0 aliphatic carbocycles. The summed E-state index contributed by atoms with van der Waals surface area (Å²) in [6, 6.07) is 11.1. The van der Waals surface area contributed by atoms with Gasteiger partial charge in [0.15, 0.2) is 5.82 Å². The molecule has 0 spiro atoms. The van der Waals surface area contributed by atoms with Crippen molar-refractivity contribution >= 4 is 34.9 Å². The number of carboxylic acid groups (broad SMARTS) is 1. The molecule has 0 bridgehead atoms. The summed E-state index contributed by atoms with van der Waals surface area (Å²) < 4.78 is 18.9. The first-order valence-corrected chi connectivity index (χ1v) is 9.30. The first-order chi connectivity index (χ1) is 14.9. The lowest BCUT2D eigenvalue weighted by atomic mass is 10.2. The molecule has 8 nitrogen and oxygen atoms in total. The monoisotopic (exact) mass is 441 g/mol. The molecule has 3 rings (SSSR count). The lowest BCUT2D eigenvalue weighted by Crippen LogP contribution is -2.20. The van der Waals surface area contributed by atoms with Gasteiger partial charge in [-0.3, -0.25) is 0 Å². The molecule has 0 aliphatic rings. The van der Waals surface area contributed by atoms with Crippen molar-refractivity contribution in [2.45, 2.75) is 6.61 Å². The summed E-state index contributed by atoms with van der Waals surface area (Å²) in [6.45, 7) is 0.107. The molecule has 2 aromatic carbocycles. The van der Waals surface area contributed by atoms with E-state index in [2.05, 4.69) is 32.4 Å². The highest BCUT2D eigenvalue weighted by atomic mass is 35.5. The molecule has 31 heavy (non-hydrogen) atoms. The molecule has 158 valence electrons. The van der Waals surface area contributed by atoms with Crippen LogP contribution in [0.25, 0.3) is 0 Å². The van der Waals surface area contributed by atoms with Gasteiger partial charge in [-0.25, -0.2) is 19.2 Å². The van der Waals surface area contributed by atoms with Crippen LogP contribution in [0.5, 0.6) is 5.75 Å². The molecular weight excluding hydrogens is 425 g/mol. The third-order valence-corrected chi connectivity index (χ3v) is 4.19. The van der Waals surface area contributed by atoms with Crippen molar-refractivity contribution in [1.82, 2.24) is 15.3 Å². The molecule has 0 unspecified atom stereocenters. The zero-order valence-electron chi connectivity index (χ0n) is 16.0. The van der Waals surface area contributed by atoms with Gasteiger partial charge in [0.05, 0.1) is 11.6 Å². The molecule has 0 aliphatic heterocycles. The molecule has 0 fully saturated rings. The van der Waals surface area contributed by atoms with E-state index >= 15 is 0 Å². The van der Waals surface area contributed by atoms with Crippen LogP contribution >= 0.6 is 11.6 Å². The van der Waals surface area contributed by atoms with E-state index in [1.807, 2.05) is 0 Å².